The molecule has 3 rings (SSSR count). The molecule has 0 aliphatic carbocycles. The molecule has 0 bridgehead atoms. The first-order valence-corrected chi connectivity index (χ1v) is 9.54. The second kappa shape index (κ2) is 8.89. The van der Waals surface area contributed by atoms with Crippen LogP contribution in [-0.2, 0) is 4.79 Å². The molecule has 1 aliphatic heterocycles. The van der Waals surface area contributed by atoms with Crippen molar-refractivity contribution < 1.29 is 13.9 Å². The molecule has 1 aliphatic rings. The predicted molar refractivity (Wildman–Crippen MR) is 106 cm³/mol. The van der Waals surface area contributed by atoms with Gasteiger partial charge in [-0.1, -0.05) is 31.2 Å². The van der Waals surface area contributed by atoms with Gasteiger partial charge < -0.3 is 15.0 Å². The lowest BCUT2D eigenvalue weighted by Gasteiger charge is -2.33. The minimum absolute atomic E-state index is 0.0837. The van der Waals surface area contributed by atoms with Gasteiger partial charge in [0.25, 0.3) is 5.91 Å². The minimum atomic E-state index is -0.471. The highest BCUT2D eigenvalue weighted by atomic mass is 19.1. The first-order chi connectivity index (χ1) is 13.0. The van der Waals surface area contributed by atoms with Crippen molar-refractivity contribution in [2.75, 3.05) is 24.6 Å². The van der Waals surface area contributed by atoms with Crippen LogP contribution in [0.4, 0.5) is 10.1 Å². The number of para-hydroxylation sites is 1. The molecular formula is C22H27FN2O2. The van der Waals surface area contributed by atoms with Crippen LogP contribution < -0.4 is 15.0 Å². The second-order valence-electron chi connectivity index (χ2n) is 7.29. The van der Waals surface area contributed by atoms with Crippen molar-refractivity contribution in [1.82, 2.24) is 5.32 Å². The molecule has 0 spiro atoms. The maximum Gasteiger partial charge on any atom is 0.258 e. The topological polar surface area (TPSA) is 41.6 Å². The van der Waals surface area contributed by atoms with E-state index in [9.17, 15) is 9.18 Å². The Kier molecular flexibility index (Phi) is 6.32. The third-order valence-corrected chi connectivity index (χ3v) is 4.99. The van der Waals surface area contributed by atoms with Crippen LogP contribution in [0.5, 0.6) is 5.75 Å². The van der Waals surface area contributed by atoms with Crippen molar-refractivity contribution >= 4 is 11.6 Å². The molecule has 5 heteroatoms. The lowest BCUT2D eigenvalue weighted by atomic mass is 9.99. The number of anilines is 1. The molecule has 2 aromatic rings. The summed E-state index contributed by atoms with van der Waals surface area (Å²) >= 11 is 0. The van der Waals surface area contributed by atoms with Gasteiger partial charge in [-0.3, -0.25) is 4.79 Å². The Labute approximate surface area is 160 Å². The van der Waals surface area contributed by atoms with Crippen LogP contribution >= 0.6 is 0 Å². The molecule has 1 N–H and O–H groups in total. The minimum Gasteiger partial charge on any atom is -0.481 e. The highest BCUT2D eigenvalue weighted by molar-refractivity contribution is 5.78. The van der Waals surface area contributed by atoms with Crippen molar-refractivity contribution in [3.05, 3.63) is 59.9 Å². The number of nitrogens with one attached hydrogen (secondary N) is 1. The van der Waals surface area contributed by atoms with Crippen LogP contribution in [0, 0.1) is 11.7 Å². The Morgan fingerprint density at radius 1 is 1.26 bits per heavy atom. The number of amides is 1. The monoisotopic (exact) mass is 370 g/mol. The Morgan fingerprint density at radius 2 is 2.00 bits per heavy atom. The van der Waals surface area contributed by atoms with Crippen molar-refractivity contribution in [2.24, 2.45) is 5.92 Å². The maximum absolute atomic E-state index is 13.5. The van der Waals surface area contributed by atoms with E-state index in [2.05, 4.69) is 41.4 Å². The van der Waals surface area contributed by atoms with E-state index in [1.165, 1.54) is 30.7 Å². The fourth-order valence-corrected chi connectivity index (χ4v) is 3.47. The van der Waals surface area contributed by atoms with Gasteiger partial charge in [0.05, 0.1) is 6.04 Å². The largest absolute Gasteiger partial charge is 0.481 e. The lowest BCUT2D eigenvalue weighted by Crippen LogP contribution is -2.34. The summed E-state index contributed by atoms with van der Waals surface area (Å²) in [4.78, 5) is 14.5. The summed E-state index contributed by atoms with van der Waals surface area (Å²) < 4.78 is 18.8. The van der Waals surface area contributed by atoms with Crippen molar-refractivity contribution in [2.45, 2.75) is 32.7 Å². The van der Waals surface area contributed by atoms with E-state index in [-0.39, 0.29) is 24.3 Å². The summed E-state index contributed by atoms with van der Waals surface area (Å²) in [5.41, 5.74) is 2.26. The van der Waals surface area contributed by atoms with Gasteiger partial charge in [-0.15, -0.1) is 0 Å². The number of ether oxygens (including phenoxy) is 1. The molecule has 1 heterocycles. The van der Waals surface area contributed by atoms with E-state index < -0.39 is 5.82 Å². The second-order valence-corrected chi connectivity index (χ2v) is 7.29. The normalized spacial score (nSPS) is 18.0. The number of rotatable bonds is 6. The SMILES string of the molecule is C[C@@H]1CCCN(c2ccc([C@H](C)NC(=O)COc3ccccc3F)cc2)C1. The maximum atomic E-state index is 13.5. The quantitative estimate of drug-likeness (QED) is 0.823. The molecule has 0 unspecified atom stereocenters. The van der Waals surface area contributed by atoms with E-state index in [0.29, 0.717) is 0 Å². The number of carbonyl (C=O) groups excluding carboxylic acids is 1. The highest BCUT2D eigenvalue weighted by Crippen LogP contribution is 2.24. The van der Waals surface area contributed by atoms with Crippen LogP contribution in [0.25, 0.3) is 0 Å². The Morgan fingerprint density at radius 3 is 2.70 bits per heavy atom. The van der Waals surface area contributed by atoms with Gasteiger partial charge in [0, 0.05) is 18.8 Å². The Bertz CT molecular complexity index is 763. The van der Waals surface area contributed by atoms with Gasteiger partial charge in [-0.2, -0.15) is 0 Å². The van der Waals surface area contributed by atoms with Gasteiger partial charge in [0.15, 0.2) is 18.2 Å². The van der Waals surface area contributed by atoms with Gasteiger partial charge in [-0.05, 0) is 55.5 Å². The molecule has 27 heavy (non-hydrogen) atoms. The van der Waals surface area contributed by atoms with E-state index in [1.807, 2.05) is 6.92 Å². The van der Waals surface area contributed by atoms with E-state index in [4.69, 9.17) is 4.74 Å². The zero-order valence-corrected chi connectivity index (χ0v) is 16.0. The summed E-state index contributed by atoms with van der Waals surface area (Å²) in [7, 11) is 0. The Hall–Kier alpha value is -2.56. The van der Waals surface area contributed by atoms with E-state index in [0.717, 1.165) is 24.6 Å². The average Bonchev–Trinajstić information content (AvgIpc) is 2.67. The van der Waals surface area contributed by atoms with Gasteiger partial charge in [-0.25, -0.2) is 4.39 Å². The van der Waals surface area contributed by atoms with Gasteiger partial charge >= 0.3 is 0 Å². The van der Waals surface area contributed by atoms with Gasteiger partial charge in [0.2, 0.25) is 0 Å². The number of hydrogen-bond acceptors (Lipinski definition) is 3. The first-order valence-electron chi connectivity index (χ1n) is 9.54. The van der Waals surface area contributed by atoms with Crippen LogP contribution in [0.2, 0.25) is 0 Å². The molecule has 0 aromatic heterocycles. The number of carbonyl (C=O) groups is 1. The molecule has 2 aromatic carbocycles. The zero-order chi connectivity index (χ0) is 19.2. The highest BCUT2D eigenvalue weighted by Gasteiger charge is 2.17. The van der Waals surface area contributed by atoms with Crippen LogP contribution in [0.1, 0.15) is 38.3 Å². The molecule has 144 valence electrons. The molecule has 1 amide bonds. The number of benzene rings is 2. The number of nitrogens with zero attached hydrogens (tertiary/aromatic N) is 1. The summed E-state index contributed by atoms with van der Waals surface area (Å²) in [6.07, 6.45) is 2.53. The molecule has 1 saturated heterocycles. The number of hydrogen-bond donors (Lipinski definition) is 1. The lowest BCUT2D eigenvalue weighted by molar-refractivity contribution is -0.123. The summed E-state index contributed by atoms with van der Waals surface area (Å²) in [6.45, 7) is 6.21. The van der Waals surface area contributed by atoms with Crippen molar-refractivity contribution in [1.29, 1.82) is 0 Å². The molecule has 4 nitrogen and oxygen atoms in total. The first kappa shape index (κ1) is 19.2. The Balaban J connectivity index is 1.52. The average molecular weight is 370 g/mol. The smallest absolute Gasteiger partial charge is 0.258 e. The summed E-state index contributed by atoms with van der Waals surface area (Å²) in [6, 6.07) is 14.3. The number of halogens is 1. The van der Waals surface area contributed by atoms with Crippen LogP contribution in [0.3, 0.4) is 0 Å². The van der Waals surface area contributed by atoms with Gasteiger partial charge in [0.1, 0.15) is 0 Å². The molecule has 1 fully saturated rings. The fourth-order valence-electron chi connectivity index (χ4n) is 3.47. The van der Waals surface area contributed by atoms with E-state index >= 15 is 0 Å². The third kappa shape index (κ3) is 5.22. The standard InChI is InChI=1S/C22H27FN2O2/c1-16-6-5-13-25(14-16)19-11-9-18(10-12-19)17(2)24-22(26)15-27-21-8-4-3-7-20(21)23/h3-4,7-12,16-17H,5-6,13-15H2,1-2H3,(H,24,26)/t16-,17+/m1/s1. The fraction of sp³-hybridized carbons (Fsp3) is 0.409. The van der Waals surface area contributed by atoms with Crippen LogP contribution in [-0.4, -0.2) is 25.6 Å². The molecule has 0 radical (unpaired) electrons. The van der Waals surface area contributed by atoms with Crippen molar-refractivity contribution in [3.63, 3.8) is 0 Å². The summed E-state index contributed by atoms with van der Waals surface area (Å²) in [5, 5.41) is 2.89. The van der Waals surface area contributed by atoms with Crippen molar-refractivity contribution in [3.8, 4) is 5.75 Å². The van der Waals surface area contributed by atoms with Crippen LogP contribution in [0.15, 0.2) is 48.5 Å². The molecule has 2 atom stereocenters. The summed E-state index contributed by atoms with van der Waals surface area (Å²) in [5.74, 6) is 0.0622. The molecule has 0 saturated carbocycles. The third-order valence-electron chi connectivity index (χ3n) is 4.99. The zero-order valence-electron chi connectivity index (χ0n) is 16.0. The predicted octanol–water partition coefficient (Wildman–Crippen LogP) is 4.32. The molecular weight excluding hydrogens is 343 g/mol. The number of piperidine rings is 1. The van der Waals surface area contributed by atoms with E-state index in [1.54, 1.807) is 12.1 Å².